The third kappa shape index (κ3) is 8.77. The molecule has 0 fully saturated rings. The van der Waals surface area contributed by atoms with Crippen molar-refractivity contribution >= 4 is 46.9 Å². The third-order valence-corrected chi connectivity index (χ3v) is 8.43. The highest BCUT2D eigenvalue weighted by Crippen LogP contribution is 2.33. The summed E-state index contributed by atoms with van der Waals surface area (Å²) in [5.74, 6) is -0.171. The molecule has 0 aliphatic heterocycles. The number of hydrogen-bond donors (Lipinski definition) is 3. The number of carbonyl (C=O) groups is 3. The highest BCUT2D eigenvalue weighted by molar-refractivity contribution is 8.00. The maximum Gasteiger partial charge on any atom is 0.272 e. The smallest absolute Gasteiger partial charge is 0.272 e. The summed E-state index contributed by atoms with van der Waals surface area (Å²) in [6.07, 6.45) is 2.15. The molecule has 3 N–H and O–H groups in total. The second-order valence-electron chi connectivity index (χ2n) is 10.2. The van der Waals surface area contributed by atoms with Crippen LogP contribution in [0.5, 0.6) is 11.5 Å². The van der Waals surface area contributed by atoms with Crippen LogP contribution in [-0.4, -0.2) is 37.2 Å². The third-order valence-electron chi connectivity index (χ3n) is 7.07. The Morgan fingerprint density at radius 2 is 1.53 bits per heavy atom. The Morgan fingerprint density at radius 3 is 2.22 bits per heavy atom. The van der Waals surface area contributed by atoms with E-state index in [0.29, 0.717) is 34.7 Å². The highest BCUT2D eigenvalue weighted by atomic mass is 32.2. The van der Waals surface area contributed by atoms with Crippen LogP contribution in [0.15, 0.2) is 102 Å². The molecule has 0 heterocycles. The average Bonchev–Trinajstić information content (AvgIpc) is 3.05. The Bertz CT molecular complexity index is 1700. The van der Waals surface area contributed by atoms with Gasteiger partial charge in [0.15, 0.2) is 11.5 Å². The summed E-state index contributed by atoms with van der Waals surface area (Å²) >= 11 is 1.41. The van der Waals surface area contributed by atoms with E-state index in [9.17, 15) is 14.4 Å². The zero-order valence-electron chi connectivity index (χ0n) is 26.0. The van der Waals surface area contributed by atoms with E-state index in [2.05, 4.69) is 16.0 Å². The van der Waals surface area contributed by atoms with E-state index in [1.54, 1.807) is 60.7 Å². The zero-order valence-corrected chi connectivity index (χ0v) is 26.8. The Labute approximate surface area is 268 Å². The lowest BCUT2D eigenvalue weighted by molar-refractivity contribution is -0.116. The number of rotatable bonds is 12. The first-order valence-corrected chi connectivity index (χ1v) is 15.4. The van der Waals surface area contributed by atoms with Crippen molar-refractivity contribution in [2.24, 2.45) is 0 Å². The zero-order chi connectivity index (χ0) is 32.3. The summed E-state index contributed by atoms with van der Waals surface area (Å²) < 4.78 is 10.9. The lowest BCUT2D eigenvalue weighted by atomic mass is 10.1. The van der Waals surface area contributed by atoms with Gasteiger partial charge < -0.3 is 25.4 Å². The predicted octanol–water partition coefficient (Wildman–Crippen LogP) is 7.24. The number of carbonyl (C=O) groups excluding carboxylic acids is 3. The van der Waals surface area contributed by atoms with Crippen LogP contribution in [-0.2, 0) is 9.59 Å². The molecule has 0 saturated heterocycles. The van der Waals surface area contributed by atoms with Gasteiger partial charge in [-0.15, -0.1) is 11.8 Å². The minimum absolute atomic E-state index is 0.00710. The number of aryl methyl sites for hydroxylation is 2. The van der Waals surface area contributed by atoms with Crippen molar-refractivity contribution in [3.63, 3.8) is 0 Å². The summed E-state index contributed by atoms with van der Waals surface area (Å²) in [4.78, 5) is 40.7. The standard InChI is InChI=1S/C36H37N3O5S/c1-6-32(36(42)38-28-19-18-23(2)24(3)20-28)45-29-16-11-15-27(22-29)37-35(41)30(39-34(40)25-12-8-7-9-13-25)21-26-14-10-17-31(43-4)33(26)44-5/h7-22,32H,6H2,1-5H3,(H,37,41)(H,38,42)(H,39,40)/b30-21+. The Morgan fingerprint density at radius 1 is 0.800 bits per heavy atom. The van der Waals surface area contributed by atoms with E-state index in [1.807, 2.05) is 57.2 Å². The van der Waals surface area contributed by atoms with Crippen molar-refractivity contribution < 1.29 is 23.9 Å². The first kappa shape index (κ1) is 32.9. The van der Waals surface area contributed by atoms with Gasteiger partial charge in [0.05, 0.1) is 19.5 Å². The van der Waals surface area contributed by atoms with Crippen molar-refractivity contribution in [1.29, 1.82) is 0 Å². The number of hydrogen-bond acceptors (Lipinski definition) is 6. The maximum atomic E-state index is 13.7. The molecule has 0 bridgehead atoms. The van der Waals surface area contributed by atoms with Gasteiger partial charge in [-0.05, 0) is 86.0 Å². The number of methoxy groups -OCH3 is 2. The number of para-hydroxylation sites is 1. The van der Waals surface area contributed by atoms with Crippen LogP contribution in [0, 0.1) is 13.8 Å². The number of anilines is 2. The highest BCUT2D eigenvalue weighted by Gasteiger charge is 2.20. The fourth-order valence-corrected chi connectivity index (χ4v) is 5.51. The Hall–Kier alpha value is -5.02. The fraction of sp³-hybridized carbons (Fsp3) is 0.194. The molecule has 3 amide bonds. The second kappa shape index (κ2) is 15.6. The van der Waals surface area contributed by atoms with Crippen LogP contribution < -0.4 is 25.4 Å². The normalized spacial score (nSPS) is 11.7. The number of thioether (sulfide) groups is 1. The number of ether oxygens (including phenoxy) is 2. The van der Waals surface area contributed by atoms with E-state index >= 15 is 0 Å². The molecule has 45 heavy (non-hydrogen) atoms. The van der Waals surface area contributed by atoms with Gasteiger partial charge in [0.2, 0.25) is 5.91 Å². The molecule has 4 aromatic carbocycles. The SMILES string of the molecule is CCC(Sc1cccc(NC(=O)/C(=C\c2cccc(OC)c2OC)NC(=O)c2ccccc2)c1)C(=O)Nc1ccc(C)c(C)c1. The van der Waals surface area contributed by atoms with Gasteiger partial charge in [-0.3, -0.25) is 14.4 Å². The van der Waals surface area contributed by atoms with Crippen molar-refractivity contribution in [1.82, 2.24) is 5.32 Å². The molecule has 0 aliphatic rings. The number of amides is 3. The van der Waals surface area contributed by atoms with Crippen LogP contribution in [0.3, 0.4) is 0 Å². The number of benzene rings is 4. The van der Waals surface area contributed by atoms with Gasteiger partial charge in [0, 0.05) is 27.4 Å². The minimum atomic E-state index is -0.536. The quantitative estimate of drug-likeness (QED) is 0.114. The first-order chi connectivity index (χ1) is 21.7. The van der Waals surface area contributed by atoms with Crippen LogP contribution in [0.2, 0.25) is 0 Å². The van der Waals surface area contributed by atoms with E-state index in [4.69, 9.17) is 9.47 Å². The molecule has 0 spiro atoms. The van der Waals surface area contributed by atoms with Crippen LogP contribution >= 0.6 is 11.8 Å². The van der Waals surface area contributed by atoms with Crippen LogP contribution in [0.25, 0.3) is 6.08 Å². The molecular formula is C36H37N3O5S. The maximum absolute atomic E-state index is 13.7. The second-order valence-corrected chi connectivity index (χ2v) is 11.5. The molecule has 8 nitrogen and oxygen atoms in total. The molecule has 4 rings (SSSR count). The molecule has 0 saturated carbocycles. The summed E-state index contributed by atoms with van der Waals surface area (Å²) in [6.45, 7) is 6.00. The molecule has 0 radical (unpaired) electrons. The Balaban J connectivity index is 1.55. The van der Waals surface area contributed by atoms with Crippen molar-refractivity contribution in [3.8, 4) is 11.5 Å². The monoisotopic (exact) mass is 623 g/mol. The number of nitrogens with one attached hydrogen (secondary N) is 3. The molecular weight excluding hydrogens is 586 g/mol. The summed E-state index contributed by atoms with van der Waals surface area (Å²) in [5, 5.41) is 8.31. The molecule has 9 heteroatoms. The predicted molar refractivity (Wildman–Crippen MR) is 181 cm³/mol. The molecule has 1 atom stereocenters. The van der Waals surface area contributed by atoms with E-state index < -0.39 is 11.8 Å². The molecule has 0 aliphatic carbocycles. The van der Waals surface area contributed by atoms with Gasteiger partial charge in [0.1, 0.15) is 5.70 Å². The Kier molecular flexibility index (Phi) is 11.4. The molecule has 232 valence electrons. The van der Waals surface area contributed by atoms with Gasteiger partial charge in [-0.1, -0.05) is 49.4 Å². The van der Waals surface area contributed by atoms with Crippen molar-refractivity contribution in [3.05, 3.63) is 119 Å². The largest absolute Gasteiger partial charge is 0.493 e. The van der Waals surface area contributed by atoms with Gasteiger partial charge >= 0.3 is 0 Å². The van der Waals surface area contributed by atoms with Crippen molar-refractivity contribution in [2.45, 2.75) is 37.3 Å². The summed E-state index contributed by atoms with van der Waals surface area (Å²) in [5.41, 5.74) is 4.48. The lowest BCUT2D eigenvalue weighted by Crippen LogP contribution is -2.30. The molecule has 0 aromatic heterocycles. The fourth-order valence-electron chi connectivity index (χ4n) is 4.50. The minimum Gasteiger partial charge on any atom is -0.493 e. The van der Waals surface area contributed by atoms with Crippen LogP contribution in [0.4, 0.5) is 11.4 Å². The summed E-state index contributed by atoms with van der Waals surface area (Å²) in [7, 11) is 3.03. The van der Waals surface area contributed by atoms with Crippen molar-refractivity contribution in [2.75, 3.05) is 24.9 Å². The van der Waals surface area contributed by atoms with E-state index in [1.165, 1.54) is 26.0 Å². The van der Waals surface area contributed by atoms with Gasteiger partial charge in [0.25, 0.3) is 11.8 Å². The molecule has 4 aromatic rings. The van der Waals surface area contributed by atoms with Crippen LogP contribution in [0.1, 0.15) is 40.4 Å². The molecule has 1 unspecified atom stereocenters. The van der Waals surface area contributed by atoms with Gasteiger partial charge in [-0.2, -0.15) is 0 Å². The lowest BCUT2D eigenvalue weighted by Gasteiger charge is -2.16. The summed E-state index contributed by atoms with van der Waals surface area (Å²) in [6, 6.07) is 27.0. The average molecular weight is 624 g/mol. The van der Waals surface area contributed by atoms with E-state index in [-0.39, 0.29) is 16.9 Å². The first-order valence-electron chi connectivity index (χ1n) is 14.5. The van der Waals surface area contributed by atoms with E-state index in [0.717, 1.165) is 21.7 Å². The van der Waals surface area contributed by atoms with Gasteiger partial charge in [-0.25, -0.2) is 0 Å². The topological polar surface area (TPSA) is 106 Å².